The summed E-state index contributed by atoms with van der Waals surface area (Å²) in [5.41, 5.74) is 2.58. The van der Waals surface area contributed by atoms with Gasteiger partial charge in [0.05, 0.1) is 12.7 Å². The van der Waals surface area contributed by atoms with Crippen molar-refractivity contribution in [1.82, 2.24) is 5.32 Å². The van der Waals surface area contributed by atoms with Crippen LogP contribution in [0.15, 0.2) is 48.0 Å². The number of nitrogens with one attached hydrogen (secondary N) is 1. The molecule has 2 aromatic rings. The predicted octanol–water partition coefficient (Wildman–Crippen LogP) is 3.48. The SMILES string of the molecule is COc1cccc2c1OCC(C(=O)NCCc1ccc(Cl)cc1)=C2. The van der Waals surface area contributed by atoms with Crippen LogP contribution in [0.5, 0.6) is 11.5 Å². The maximum Gasteiger partial charge on any atom is 0.250 e. The van der Waals surface area contributed by atoms with Crippen molar-refractivity contribution < 1.29 is 14.3 Å². The highest BCUT2D eigenvalue weighted by Crippen LogP contribution is 2.35. The molecule has 0 aromatic heterocycles. The van der Waals surface area contributed by atoms with E-state index in [1.54, 1.807) is 7.11 Å². The van der Waals surface area contributed by atoms with E-state index in [0.717, 1.165) is 17.5 Å². The number of para-hydroxylation sites is 1. The summed E-state index contributed by atoms with van der Waals surface area (Å²) >= 11 is 5.86. The molecule has 0 saturated heterocycles. The number of ether oxygens (including phenoxy) is 2. The molecule has 0 unspecified atom stereocenters. The molecule has 1 aliphatic heterocycles. The molecule has 5 heteroatoms. The average molecular weight is 344 g/mol. The second-order valence-electron chi connectivity index (χ2n) is 5.47. The van der Waals surface area contributed by atoms with Gasteiger partial charge >= 0.3 is 0 Å². The number of carbonyl (C=O) groups is 1. The zero-order valence-corrected chi connectivity index (χ0v) is 14.1. The second kappa shape index (κ2) is 7.41. The van der Waals surface area contributed by atoms with Gasteiger partial charge in [-0.15, -0.1) is 0 Å². The Morgan fingerprint density at radius 2 is 2.04 bits per heavy atom. The molecule has 0 bridgehead atoms. The zero-order valence-electron chi connectivity index (χ0n) is 13.3. The monoisotopic (exact) mass is 343 g/mol. The molecule has 1 heterocycles. The fourth-order valence-electron chi connectivity index (χ4n) is 2.56. The summed E-state index contributed by atoms with van der Waals surface area (Å²) < 4.78 is 11.0. The van der Waals surface area contributed by atoms with Gasteiger partial charge in [0, 0.05) is 17.1 Å². The van der Waals surface area contributed by atoms with Crippen molar-refractivity contribution in [2.45, 2.75) is 6.42 Å². The van der Waals surface area contributed by atoms with Crippen LogP contribution in [0.1, 0.15) is 11.1 Å². The summed E-state index contributed by atoms with van der Waals surface area (Å²) in [5.74, 6) is 1.24. The molecule has 2 aromatic carbocycles. The van der Waals surface area contributed by atoms with Crippen molar-refractivity contribution in [3.8, 4) is 11.5 Å². The molecule has 0 saturated carbocycles. The van der Waals surface area contributed by atoms with Crippen LogP contribution in [0, 0.1) is 0 Å². The smallest absolute Gasteiger partial charge is 0.250 e. The Balaban J connectivity index is 1.61. The van der Waals surface area contributed by atoms with E-state index in [-0.39, 0.29) is 12.5 Å². The maximum atomic E-state index is 12.3. The van der Waals surface area contributed by atoms with Crippen LogP contribution >= 0.6 is 11.6 Å². The summed E-state index contributed by atoms with van der Waals surface area (Å²) in [6.07, 6.45) is 2.60. The van der Waals surface area contributed by atoms with Crippen molar-refractivity contribution in [3.63, 3.8) is 0 Å². The Morgan fingerprint density at radius 1 is 1.25 bits per heavy atom. The van der Waals surface area contributed by atoms with Crippen molar-refractivity contribution in [3.05, 3.63) is 64.2 Å². The number of amides is 1. The van der Waals surface area contributed by atoms with Crippen molar-refractivity contribution in [2.75, 3.05) is 20.3 Å². The van der Waals surface area contributed by atoms with Crippen LogP contribution < -0.4 is 14.8 Å². The Hall–Kier alpha value is -2.46. The summed E-state index contributed by atoms with van der Waals surface area (Å²) in [4.78, 5) is 12.3. The first-order valence-electron chi connectivity index (χ1n) is 7.70. The minimum Gasteiger partial charge on any atom is -0.493 e. The molecule has 1 N–H and O–H groups in total. The van der Waals surface area contributed by atoms with Crippen LogP contribution in [0.25, 0.3) is 6.08 Å². The first kappa shape index (κ1) is 16.4. The number of hydrogen-bond acceptors (Lipinski definition) is 3. The van der Waals surface area contributed by atoms with Crippen LogP contribution in [0.2, 0.25) is 5.02 Å². The van der Waals surface area contributed by atoms with E-state index < -0.39 is 0 Å². The lowest BCUT2D eigenvalue weighted by Crippen LogP contribution is -2.30. The lowest BCUT2D eigenvalue weighted by molar-refractivity contribution is -0.117. The van der Waals surface area contributed by atoms with Gasteiger partial charge < -0.3 is 14.8 Å². The third-order valence-corrected chi connectivity index (χ3v) is 4.09. The lowest BCUT2D eigenvalue weighted by Gasteiger charge is -2.19. The van der Waals surface area contributed by atoms with Crippen molar-refractivity contribution in [1.29, 1.82) is 0 Å². The quantitative estimate of drug-likeness (QED) is 0.904. The zero-order chi connectivity index (χ0) is 16.9. The maximum absolute atomic E-state index is 12.3. The Kier molecular flexibility index (Phi) is 5.06. The molecule has 4 nitrogen and oxygen atoms in total. The van der Waals surface area contributed by atoms with Gasteiger partial charge in [-0.05, 0) is 36.3 Å². The van der Waals surface area contributed by atoms with Gasteiger partial charge in [-0.2, -0.15) is 0 Å². The molecule has 0 aliphatic carbocycles. The van der Waals surface area contributed by atoms with E-state index >= 15 is 0 Å². The third kappa shape index (κ3) is 3.71. The van der Waals surface area contributed by atoms with Gasteiger partial charge in [-0.3, -0.25) is 4.79 Å². The fraction of sp³-hybridized carbons (Fsp3) is 0.211. The second-order valence-corrected chi connectivity index (χ2v) is 5.91. The van der Waals surface area contributed by atoms with Gasteiger partial charge in [-0.1, -0.05) is 35.9 Å². The normalized spacial score (nSPS) is 12.7. The molecule has 0 spiro atoms. The number of hydrogen-bond donors (Lipinski definition) is 1. The van der Waals surface area contributed by atoms with E-state index in [9.17, 15) is 4.79 Å². The average Bonchev–Trinajstić information content (AvgIpc) is 2.62. The molecule has 0 atom stereocenters. The van der Waals surface area contributed by atoms with E-state index in [0.29, 0.717) is 28.6 Å². The first-order valence-corrected chi connectivity index (χ1v) is 8.08. The molecule has 1 aliphatic rings. The van der Waals surface area contributed by atoms with Gasteiger partial charge in [0.25, 0.3) is 5.91 Å². The summed E-state index contributed by atoms with van der Waals surface area (Å²) in [6, 6.07) is 13.2. The summed E-state index contributed by atoms with van der Waals surface area (Å²) in [7, 11) is 1.60. The largest absolute Gasteiger partial charge is 0.493 e. The minimum absolute atomic E-state index is 0.113. The number of halogens is 1. The number of carbonyl (C=O) groups excluding carboxylic acids is 1. The van der Waals surface area contributed by atoms with Crippen molar-refractivity contribution in [2.24, 2.45) is 0 Å². The van der Waals surface area contributed by atoms with Gasteiger partial charge in [0.1, 0.15) is 6.61 Å². The molecule has 3 rings (SSSR count). The highest BCUT2D eigenvalue weighted by atomic mass is 35.5. The van der Waals surface area contributed by atoms with Crippen LogP contribution in [-0.4, -0.2) is 26.2 Å². The van der Waals surface area contributed by atoms with Gasteiger partial charge in [0.2, 0.25) is 0 Å². The van der Waals surface area contributed by atoms with Gasteiger partial charge in [0.15, 0.2) is 11.5 Å². The van der Waals surface area contributed by atoms with E-state index in [1.807, 2.05) is 48.5 Å². The minimum atomic E-state index is -0.113. The highest BCUT2D eigenvalue weighted by molar-refractivity contribution is 6.30. The van der Waals surface area contributed by atoms with E-state index in [4.69, 9.17) is 21.1 Å². The number of benzene rings is 2. The topological polar surface area (TPSA) is 47.6 Å². The number of rotatable bonds is 5. The molecule has 1 amide bonds. The third-order valence-electron chi connectivity index (χ3n) is 3.84. The fourth-order valence-corrected chi connectivity index (χ4v) is 2.68. The molecule has 0 radical (unpaired) electrons. The predicted molar refractivity (Wildman–Crippen MR) is 94.6 cm³/mol. The number of methoxy groups -OCH3 is 1. The Bertz CT molecular complexity index is 769. The number of fused-ring (bicyclic) bond motifs is 1. The van der Waals surface area contributed by atoms with Gasteiger partial charge in [-0.25, -0.2) is 0 Å². The standard InChI is InChI=1S/C19H18ClNO3/c1-23-17-4-2-3-14-11-15(12-24-18(14)17)19(22)21-10-9-13-5-7-16(20)8-6-13/h2-8,11H,9-10,12H2,1H3,(H,21,22). The molecule has 24 heavy (non-hydrogen) atoms. The van der Waals surface area contributed by atoms with E-state index in [2.05, 4.69) is 5.32 Å². The highest BCUT2D eigenvalue weighted by Gasteiger charge is 2.19. The first-order chi connectivity index (χ1) is 11.7. The van der Waals surface area contributed by atoms with Crippen LogP contribution in [0.4, 0.5) is 0 Å². The summed E-state index contributed by atoms with van der Waals surface area (Å²) in [5, 5.41) is 3.63. The molecular formula is C19H18ClNO3. The molecule has 124 valence electrons. The Morgan fingerprint density at radius 3 is 2.79 bits per heavy atom. The van der Waals surface area contributed by atoms with Crippen LogP contribution in [0.3, 0.4) is 0 Å². The van der Waals surface area contributed by atoms with Crippen LogP contribution in [-0.2, 0) is 11.2 Å². The molecular weight excluding hydrogens is 326 g/mol. The lowest BCUT2D eigenvalue weighted by atomic mass is 10.1. The Labute approximate surface area is 146 Å². The molecule has 0 fully saturated rings. The van der Waals surface area contributed by atoms with E-state index in [1.165, 1.54) is 0 Å². The van der Waals surface area contributed by atoms with Crippen molar-refractivity contribution >= 4 is 23.6 Å². The summed E-state index contributed by atoms with van der Waals surface area (Å²) in [6.45, 7) is 0.795.